The Bertz CT molecular complexity index is 400. The molecule has 0 aliphatic carbocycles. The smallest absolute Gasteiger partial charge is 0.238 e. The zero-order chi connectivity index (χ0) is 12.4. The average Bonchev–Trinajstić information content (AvgIpc) is 3.08. The number of carbonyl (C=O) groups excluding carboxylic acids is 1. The second-order valence-corrected chi connectivity index (χ2v) is 5.91. The van der Waals surface area contributed by atoms with Gasteiger partial charge in [0.05, 0.1) is 6.54 Å². The summed E-state index contributed by atoms with van der Waals surface area (Å²) in [5, 5.41) is 5.37. The molecule has 2 aliphatic heterocycles. The number of nitrogens with one attached hydrogen (secondary N) is 1. The topological polar surface area (TPSA) is 35.6 Å². The molecular formula is C13H19N3OS. The highest BCUT2D eigenvalue weighted by molar-refractivity contribution is 7.10. The maximum atomic E-state index is 11.9. The van der Waals surface area contributed by atoms with Gasteiger partial charge in [-0.05, 0) is 37.4 Å². The van der Waals surface area contributed by atoms with Gasteiger partial charge in [0.15, 0.2) is 0 Å². The molecule has 1 unspecified atom stereocenters. The molecule has 1 aromatic heterocycles. The first-order valence-corrected chi connectivity index (χ1v) is 7.51. The molecule has 2 fully saturated rings. The van der Waals surface area contributed by atoms with Gasteiger partial charge in [0.1, 0.15) is 6.17 Å². The Morgan fingerprint density at radius 2 is 2.17 bits per heavy atom. The number of thiophene rings is 1. The van der Waals surface area contributed by atoms with Gasteiger partial charge in [-0.3, -0.25) is 10.1 Å². The van der Waals surface area contributed by atoms with Crippen molar-refractivity contribution in [2.75, 3.05) is 32.7 Å². The molecule has 0 radical (unpaired) electrons. The fraction of sp³-hybridized carbons (Fsp3) is 0.615. The van der Waals surface area contributed by atoms with Crippen LogP contribution in [0.4, 0.5) is 0 Å². The molecule has 5 heteroatoms. The summed E-state index contributed by atoms with van der Waals surface area (Å²) in [5.74, 6) is 0.229. The third kappa shape index (κ3) is 2.43. The average molecular weight is 265 g/mol. The van der Waals surface area contributed by atoms with Gasteiger partial charge in [-0.1, -0.05) is 6.07 Å². The van der Waals surface area contributed by atoms with Gasteiger partial charge in [0.2, 0.25) is 5.91 Å². The van der Waals surface area contributed by atoms with E-state index in [1.165, 1.54) is 30.8 Å². The highest BCUT2D eigenvalue weighted by atomic mass is 32.1. The van der Waals surface area contributed by atoms with Crippen LogP contribution in [0.2, 0.25) is 0 Å². The van der Waals surface area contributed by atoms with Crippen LogP contribution in [0.3, 0.4) is 0 Å². The van der Waals surface area contributed by atoms with E-state index < -0.39 is 0 Å². The van der Waals surface area contributed by atoms with Crippen LogP contribution >= 0.6 is 11.3 Å². The summed E-state index contributed by atoms with van der Waals surface area (Å²) >= 11 is 1.71. The van der Waals surface area contributed by atoms with Crippen molar-refractivity contribution < 1.29 is 4.79 Å². The van der Waals surface area contributed by atoms with Crippen LogP contribution in [-0.2, 0) is 4.79 Å². The van der Waals surface area contributed by atoms with E-state index in [1.807, 2.05) is 11.0 Å². The summed E-state index contributed by atoms with van der Waals surface area (Å²) < 4.78 is 0. The SMILES string of the molecule is O=C1CNC(c2cccs2)N1CCN1CCCC1. The number of amides is 1. The van der Waals surface area contributed by atoms with Crippen molar-refractivity contribution in [2.45, 2.75) is 19.0 Å². The zero-order valence-electron chi connectivity index (χ0n) is 10.5. The van der Waals surface area contributed by atoms with E-state index in [0.29, 0.717) is 6.54 Å². The quantitative estimate of drug-likeness (QED) is 0.890. The van der Waals surface area contributed by atoms with Crippen molar-refractivity contribution in [1.82, 2.24) is 15.1 Å². The summed E-state index contributed by atoms with van der Waals surface area (Å²) in [6.07, 6.45) is 2.71. The van der Waals surface area contributed by atoms with E-state index in [0.717, 1.165) is 13.1 Å². The van der Waals surface area contributed by atoms with Crippen LogP contribution < -0.4 is 5.32 Å². The number of nitrogens with zero attached hydrogens (tertiary/aromatic N) is 2. The maximum absolute atomic E-state index is 11.9. The molecule has 18 heavy (non-hydrogen) atoms. The number of rotatable bonds is 4. The first-order chi connectivity index (χ1) is 8.84. The first-order valence-electron chi connectivity index (χ1n) is 6.63. The predicted octanol–water partition coefficient (Wildman–Crippen LogP) is 1.27. The lowest BCUT2D eigenvalue weighted by atomic mass is 10.3. The van der Waals surface area contributed by atoms with Crippen LogP contribution in [0.25, 0.3) is 0 Å². The molecule has 1 N–H and O–H groups in total. The van der Waals surface area contributed by atoms with E-state index >= 15 is 0 Å². The van der Waals surface area contributed by atoms with Crippen molar-refractivity contribution in [3.05, 3.63) is 22.4 Å². The van der Waals surface area contributed by atoms with E-state index in [2.05, 4.69) is 21.7 Å². The van der Waals surface area contributed by atoms with Crippen LogP contribution in [0.1, 0.15) is 23.9 Å². The number of carbonyl (C=O) groups is 1. The standard InChI is InChI=1S/C13H19N3OS/c17-12-10-14-13(11-4-3-9-18-11)16(12)8-7-15-5-1-2-6-15/h3-4,9,13-14H,1-2,5-8,10H2. The minimum absolute atomic E-state index is 0.0973. The number of hydrogen-bond acceptors (Lipinski definition) is 4. The Morgan fingerprint density at radius 1 is 1.33 bits per heavy atom. The van der Waals surface area contributed by atoms with Gasteiger partial charge in [-0.25, -0.2) is 0 Å². The van der Waals surface area contributed by atoms with Gasteiger partial charge in [-0.2, -0.15) is 0 Å². The molecule has 0 spiro atoms. The minimum Gasteiger partial charge on any atom is -0.320 e. The Labute approximate surface area is 112 Å². The molecule has 0 saturated carbocycles. The van der Waals surface area contributed by atoms with Gasteiger partial charge < -0.3 is 9.80 Å². The number of likely N-dealkylation sites (tertiary alicyclic amines) is 1. The van der Waals surface area contributed by atoms with E-state index in [1.54, 1.807) is 11.3 Å². The molecule has 0 aromatic carbocycles. The Kier molecular flexibility index (Phi) is 3.63. The monoisotopic (exact) mass is 265 g/mol. The molecule has 0 bridgehead atoms. The van der Waals surface area contributed by atoms with Gasteiger partial charge in [0, 0.05) is 18.0 Å². The molecule has 98 valence electrons. The highest BCUT2D eigenvalue weighted by Gasteiger charge is 2.32. The molecule has 4 nitrogen and oxygen atoms in total. The Hall–Kier alpha value is -0.910. The lowest BCUT2D eigenvalue weighted by molar-refractivity contribution is -0.128. The van der Waals surface area contributed by atoms with Crippen LogP contribution in [0.5, 0.6) is 0 Å². The molecule has 2 saturated heterocycles. The van der Waals surface area contributed by atoms with Crippen LogP contribution in [0.15, 0.2) is 17.5 Å². The predicted molar refractivity (Wildman–Crippen MR) is 72.4 cm³/mol. The minimum atomic E-state index is 0.0973. The van der Waals surface area contributed by atoms with Crippen molar-refractivity contribution in [2.24, 2.45) is 0 Å². The Morgan fingerprint density at radius 3 is 2.89 bits per heavy atom. The summed E-state index contributed by atoms with van der Waals surface area (Å²) in [6.45, 7) is 4.71. The summed E-state index contributed by atoms with van der Waals surface area (Å²) in [5.41, 5.74) is 0. The second-order valence-electron chi connectivity index (χ2n) is 4.93. The molecule has 2 aliphatic rings. The summed E-state index contributed by atoms with van der Waals surface area (Å²) in [6, 6.07) is 4.15. The van der Waals surface area contributed by atoms with Gasteiger partial charge in [-0.15, -0.1) is 11.3 Å². The van der Waals surface area contributed by atoms with E-state index in [-0.39, 0.29) is 12.1 Å². The lowest BCUT2D eigenvalue weighted by Crippen LogP contribution is -2.37. The Balaban J connectivity index is 1.62. The van der Waals surface area contributed by atoms with Crippen molar-refractivity contribution in [3.8, 4) is 0 Å². The fourth-order valence-corrected chi connectivity index (χ4v) is 3.56. The number of hydrogen-bond donors (Lipinski definition) is 1. The van der Waals surface area contributed by atoms with Gasteiger partial charge in [0.25, 0.3) is 0 Å². The van der Waals surface area contributed by atoms with Crippen molar-refractivity contribution in [3.63, 3.8) is 0 Å². The van der Waals surface area contributed by atoms with Crippen molar-refractivity contribution in [1.29, 1.82) is 0 Å². The van der Waals surface area contributed by atoms with E-state index in [9.17, 15) is 4.79 Å². The normalized spacial score (nSPS) is 25.2. The largest absolute Gasteiger partial charge is 0.320 e. The van der Waals surface area contributed by atoms with Crippen molar-refractivity contribution >= 4 is 17.2 Å². The van der Waals surface area contributed by atoms with E-state index in [4.69, 9.17) is 0 Å². The second kappa shape index (κ2) is 5.38. The highest BCUT2D eigenvalue weighted by Crippen LogP contribution is 2.26. The molecule has 1 atom stereocenters. The summed E-state index contributed by atoms with van der Waals surface area (Å²) in [7, 11) is 0. The third-order valence-corrected chi connectivity index (χ3v) is 4.67. The molecule has 3 heterocycles. The summed E-state index contributed by atoms with van der Waals surface area (Å²) in [4.78, 5) is 17.6. The maximum Gasteiger partial charge on any atom is 0.238 e. The lowest BCUT2D eigenvalue weighted by Gasteiger charge is -2.26. The fourth-order valence-electron chi connectivity index (χ4n) is 2.75. The van der Waals surface area contributed by atoms with Gasteiger partial charge >= 0.3 is 0 Å². The molecular weight excluding hydrogens is 246 g/mol. The first kappa shape index (κ1) is 12.1. The van der Waals surface area contributed by atoms with Crippen LogP contribution in [0, 0.1) is 0 Å². The molecule has 3 rings (SSSR count). The molecule has 1 aromatic rings. The third-order valence-electron chi connectivity index (χ3n) is 3.75. The zero-order valence-corrected chi connectivity index (χ0v) is 11.3. The molecule has 1 amide bonds. The van der Waals surface area contributed by atoms with Crippen LogP contribution in [-0.4, -0.2) is 48.4 Å².